The van der Waals surface area contributed by atoms with E-state index in [1.54, 1.807) is 5.57 Å². The SMILES string of the molecule is CC(C)CCCC(C)C1CCC2C3CC=C4CC(OC(=O)NCCC[N+](CCCN)(CCCN)CCCN)CCC4(C)C3CCC12C. The Balaban J connectivity index is 1.28. The minimum absolute atomic E-state index is 0.00387. The smallest absolute Gasteiger partial charge is 0.407 e. The Labute approximate surface area is 289 Å². The molecule has 0 heterocycles. The number of fused-ring (bicyclic) bond motifs is 5. The zero-order chi connectivity index (χ0) is 34.1. The molecule has 0 spiro atoms. The number of nitrogens with two attached hydrogens (primary N) is 3. The maximum absolute atomic E-state index is 13.0. The zero-order valence-electron chi connectivity index (χ0n) is 31.4. The molecule has 0 aromatic heterocycles. The van der Waals surface area contributed by atoms with E-state index in [-0.39, 0.29) is 17.6 Å². The van der Waals surface area contributed by atoms with Crippen molar-refractivity contribution >= 4 is 6.09 Å². The first-order valence-electron chi connectivity index (χ1n) is 20.1. The van der Waals surface area contributed by atoms with Crippen LogP contribution in [-0.4, -0.2) is 69.0 Å². The normalized spacial score (nSPS) is 32.7. The van der Waals surface area contributed by atoms with Gasteiger partial charge in [0, 0.05) is 38.6 Å². The summed E-state index contributed by atoms with van der Waals surface area (Å²) in [6.07, 6.45) is 20.4. The molecular formula is C40H76N5O2+. The molecule has 0 bridgehead atoms. The summed E-state index contributed by atoms with van der Waals surface area (Å²) >= 11 is 0. The van der Waals surface area contributed by atoms with Crippen LogP contribution in [0.3, 0.4) is 0 Å². The highest BCUT2D eigenvalue weighted by molar-refractivity contribution is 5.67. The summed E-state index contributed by atoms with van der Waals surface area (Å²) in [5, 5.41) is 3.09. The molecule has 47 heavy (non-hydrogen) atoms. The summed E-state index contributed by atoms with van der Waals surface area (Å²) in [6, 6.07) is 0. The van der Waals surface area contributed by atoms with Crippen molar-refractivity contribution in [1.82, 2.24) is 5.32 Å². The number of nitrogens with zero attached hydrogens (tertiary/aromatic N) is 1. The monoisotopic (exact) mass is 659 g/mol. The molecule has 3 fully saturated rings. The number of hydrogen-bond acceptors (Lipinski definition) is 5. The van der Waals surface area contributed by atoms with E-state index < -0.39 is 0 Å². The van der Waals surface area contributed by atoms with Crippen LogP contribution in [0.15, 0.2) is 11.6 Å². The Kier molecular flexibility index (Phi) is 14.5. The fourth-order valence-corrected chi connectivity index (χ4v) is 11.5. The first-order valence-corrected chi connectivity index (χ1v) is 20.1. The topological polar surface area (TPSA) is 116 Å². The molecule has 0 radical (unpaired) electrons. The first-order chi connectivity index (χ1) is 22.5. The molecule has 4 aliphatic rings. The Bertz CT molecular complexity index is 979. The van der Waals surface area contributed by atoms with E-state index in [1.807, 2.05) is 0 Å². The van der Waals surface area contributed by atoms with Gasteiger partial charge in [-0.2, -0.15) is 0 Å². The van der Waals surface area contributed by atoms with E-state index in [1.165, 1.54) is 51.4 Å². The van der Waals surface area contributed by atoms with E-state index >= 15 is 0 Å². The van der Waals surface area contributed by atoms with Crippen molar-refractivity contribution < 1.29 is 14.0 Å². The van der Waals surface area contributed by atoms with Crippen LogP contribution < -0.4 is 22.5 Å². The van der Waals surface area contributed by atoms with Crippen LogP contribution in [0.25, 0.3) is 0 Å². The third-order valence-electron chi connectivity index (χ3n) is 14.1. The Morgan fingerprint density at radius 2 is 1.53 bits per heavy atom. The molecule has 4 rings (SSSR count). The average molecular weight is 659 g/mol. The van der Waals surface area contributed by atoms with E-state index in [0.29, 0.717) is 31.6 Å². The van der Waals surface area contributed by atoms with Crippen molar-refractivity contribution in [2.45, 2.75) is 137 Å². The van der Waals surface area contributed by atoms with Crippen LogP contribution in [0.5, 0.6) is 0 Å². The number of allylic oxidation sites excluding steroid dienone is 1. The van der Waals surface area contributed by atoms with Gasteiger partial charge in [-0.15, -0.1) is 0 Å². The lowest BCUT2D eigenvalue weighted by Gasteiger charge is -2.58. The lowest BCUT2D eigenvalue weighted by Crippen LogP contribution is -2.52. The predicted molar refractivity (Wildman–Crippen MR) is 197 cm³/mol. The van der Waals surface area contributed by atoms with E-state index in [9.17, 15) is 4.79 Å². The molecule has 0 saturated heterocycles. The Morgan fingerprint density at radius 1 is 0.872 bits per heavy atom. The molecule has 0 aromatic carbocycles. The van der Waals surface area contributed by atoms with Crippen LogP contribution in [0, 0.1) is 46.3 Å². The Hall–Kier alpha value is -1.15. The zero-order valence-corrected chi connectivity index (χ0v) is 31.4. The summed E-state index contributed by atoms with van der Waals surface area (Å²) in [4.78, 5) is 13.0. The Morgan fingerprint density at radius 3 is 2.17 bits per heavy atom. The average Bonchev–Trinajstić information content (AvgIpc) is 3.41. The summed E-state index contributed by atoms with van der Waals surface area (Å²) in [5.41, 5.74) is 20.0. The lowest BCUT2D eigenvalue weighted by atomic mass is 9.47. The number of quaternary nitrogens is 1. The largest absolute Gasteiger partial charge is 0.446 e. The van der Waals surface area contributed by atoms with Gasteiger partial charge in [0.1, 0.15) is 6.10 Å². The maximum Gasteiger partial charge on any atom is 0.407 e. The second-order valence-corrected chi connectivity index (χ2v) is 17.5. The molecule has 1 amide bonds. The molecule has 7 heteroatoms. The van der Waals surface area contributed by atoms with E-state index in [2.05, 4.69) is 46.0 Å². The molecule has 4 aliphatic carbocycles. The highest BCUT2D eigenvalue weighted by Crippen LogP contribution is 2.67. The number of rotatable bonds is 19. The first kappa shape index (κ1) is 38.6. The molecule has 7 nitrogen and oxygen atoms in total. The van der Waals surface area contributed by atoms with E-state index in [4.69, 9.17) is 21.9 Å². The van der Waals surface area contributed by atoms with Gasteiger partial charge in [0.25, 0.3) is 0 Å². The maximum atomic E-state index is 13.0. The third-order valence-corrected chi connectivity index (χ3v) is 14.1. The summed E-state index contributed by atoms with van der Waals surface area (Å²) in [7, 11) is 0. The van der Waals surface area contributed by atoms with Crippen LogP contribution in [0.4, 0.5) is 4.79 Å². The predicted octanol–water partition coefficient (Wildman–Crippen LogP) is 7.38. The standard InChI is InChI=1S/C40H75N5O2/c1-30(2)11-6-12-31(3)35-15-16-36-34-14-13-32-29-33(17-19-39(32,4)37(34)18-20-40(35,36)5)47-38(46)44-24-10-28-45(25-7-21-41,26-8-22-42)27-9-23-43/h13,30-31,33-37H,6-12,14-29,41-43H2,1-5H3/p+1. The van der Waals surface area contributed by atoms with Crippen molar-refractivity contribution in [3.8, 4) is 0 Å². The van der Waals surface area contributed by atoms with Crippen LogP contribution in [0.2, 0.25) is 0 Å². The number of carbonyl (C=O) groups is 1. The number of alkyl carbamates (subject to hydrolysis) is 1. The summed E-state index contributed by atoms with van der Waals surface area (Å²) in [5.74, 6) is 5.09. The van der Waals surface area contributed by atoms with Crippen molar-refractivity contribution in [2.75, 3.05) is 52.4 Å². The van der Waals surface area contributed by atoms with Gasteiger partial charge in [-0.3, -0.25) is 0 Å². The third kappa shape index (κ3) is 9.35. The van der Waals surface area contributed by atoms with Gasteiger partial charge in [0.05, 0.1) is 26.2 Å². The lowest BCUT2D eigenvalue weighted by molar-refractivity contribution is -0.928. The van der Waals surface area contributed by atoms with Crippen LogP contribution >= 0.6 is 0 Å². The van der Waals surface area contributed by atoms with Gasteiger partial charge in [-0.1, -0.05) is 65.5 Å². The molecule has 272 valence electrons. The molecule has 8 unspecified atom stereocenters. The number of carbonyl (C=O) groups excluding carboxylic acids is 1. The fourth-order valence-electron chi connectivity index (χ4n) is 11.5. The van der Waals surface area contributed by atoms with Crippen LogP contribution in [0.1, 0.15) is 131 Å². The summed E-state index contributed by atoms with van der Waals surface area (Å²) < 4.78 is 7.07. The molecule has 0 aromatic rings. The molecular weight excluding hydrogens is 582 g/mol. The van der Waals surface area contributed by atoms with Gasteiger partial charge in [0.15, 0.2) is 0 Å². The van der Waals surface area contributed by atoms with E-state index in [0.717, 1.165) is 111 Å². The van der Waals surface area contributed by atoms with Gasteiger partial charge in [-0.05, 0) is 111 Å². The second-order valence-electron chi connectivity index (χ2n) is 17.5. The number of ether oxygens (including phenoxy) is 1. The van der Waals surface area contributed by atoms with Gasteiger partial charge in [-0.25, -0.2) is 4.79 Å². The van der Waals surface area contributed by atoms with Crippen molar-refractivity contribution in [3.63, 3.8) is 0 Å². The molecule has 7 N–H and O–H groups in total. The van der Waals surface area contributed by atoms with Crippen molar-refractivity contribution in [1.29, 1.82) is 0 Å². The number of hydrogen-bond donors (Lipinski definition) is 4. The summed E-state index contributed by atoms with van der Waals surface area (Å²) in [6.45, 7) is 19.5. The minimum atomic E-state index is -0.246. The number of amides is 1. The highest BCUT2D eigenvalue weighted by atomic mass is 16.6. The van der Waals surface area contributed by atoms with Gasteiger partial charge < -0.3 is 31.7 Å². The van der Waals surface area contributed by atoms with Gasteiger partial charge >= 0.3 is 6.09 Å². The van der Waals surface area contributed by atoms with Gasteiger partial charge in [0.2, 0.25) is 0 Å². The molecule has 0 aliphatic heterocycles. The van der Waals surface area contributed by atoms with Crippen LogP contribution in [-0.2, 0) is 4.74 Å². The highest BCUT2D eigenvalue weighted by Gasteiger charge is 2.59. The van der Waals surface area contributed by atoms with Crippen molar-refractivity contribution in [3.05, 3.63) is 11.6 Å². The van der Waals surface area contributed by atoms with Crippen molar-refractivity contribution in [2.24, 2.45) is 63.5 Å². The fraction of sp³-hybridized carbons (Fsp3) is 0.925. The molecule has 8 atom stereocenters. The molecule has 3 saturated carbocycles. The minimum Gasteiger partial charge on any atom is -0.446 e. The quantitative estimate of drug-likeness (QED) is 0.0657. The second kappa shape index (κ2) is 17.7. The number of nitrogens with one attached hydrogen (secondary N) is 1.